The van der Waals surface area contributed by atoms with Gasteiger partial charge in [0.25, 0.3) is 0 Å². The summed E-state index contributed by atoms with van der Waals surface area (Å²) >= 11 is 0. The van der Waals surface area contributed by atoms with Crippen LogP contribution in [0.5, 0.6) is 0 Å². The quantitative estimate of drug-likeness (QED) is 0.783. The second-order valence-electron chi connectivity index (χ2n) is 2.76. The van der Waals surface area contributed by atoms with Gasteiger partial charge in [-0.05, 0) is 12.1 Å². The van der Waals surface area contributed by atoms with Crippen molar-refractivity contribution in [3.05, 3.63) is 36.5 Å². The molecule has 0 amide bonds. The van der Waals surface area contributed by atoms with Gasteiger partial charge in [-0.15, -0.1) is 0 Å². The van der Waals surface area contributed by atoms with Gasteiger partial charge in [-0.25, -0.2) is 14.1 Å². The van der Waals surface area contributed by atoms with Gasteiger partial charge in [-0.1, -0.05) is 0 Å². The zero-order valence-corrected chi connectivity index (χ0v) is 7.61. The molecule has 2 rings (SSSR count). The second-order valence-corrected chi connectivity index (χ2v) is 2.76. The van der Waals surface area contributed by atoms with Crippen LogP contribution in [-0.4, -0.2) is 21.8 Å². The van der Waals surface area contributed by atoms with E-state index in [-0.39, 0.29) is 5.82 Å². The summed E-state index contributed by atoms with van der Waals surface area (Å²) < 4.78 is 14.0. The van der Waals surface area contributed by atoms with Crippen molar-refractivity contribution in [1.82, 2.24) is 14.8 Å². The molecular weight excluding hydrogens is 183 g/mol. The summed E-state index contributed by atoms with van der Waals surface area (Å²) in [6, 6.07) is 3.61. The molecule has 0 radical (unpaired) electrons. The highest BCUT2D eigenvalue weighted by molar-refractivity contribution is 5.42. The molecule has 2 heterocycles. The van der Waals surface area contributed by atoms with Crippen molar-refractivity contribution >= 4 is 5.69 Å². The maximum Gasteiger partial charge on any atom is 0.161 e. The minimum Gasteiger partial charge on any atom is -0.387 e. The van der Waals surface area contributed by atoms with E-state index in [9.17, 15) is 4.39 Å². The average Bonchev–Trinajstić information content (AvgIpc) is 2.65. The number of nitrogens with one attached hydrogen (secondary N) is 1. The minimum atomic E-state index is -0.371. The molecule has 0 spiro atoms. The highest BCUT2D eigenvalue weighted by atomic mass is 19.1. The summed E-state index contributed by atoms with van der Waals surface area (Å²) in [5.74, 6) is 0.220. The normalized spacial score (nSPS) is 10.1. The number of rotatable bonds is 2. The lowest BCUT2D eigenvalue weighted by Crippen LogP contribution is -1.98. The van der Waals surface area contributed by atoms with Crippen LogP contribution in [0, 0.1) is 5.82 Å². The lowest BCUT2D eigenvalue weighted by Gasteiger charge is -2.01. The van der Waals surface area contributed by atoms with Crippen LogP contribution in [0.4, 0.5) is 10.1 Å². The number of halogens is 1. The van der Waals surface area contributed by atoms with Gasteiger partial charge in [0, 0.05) is 7.05 Å². The summed E-state index contributed by atoms with van der Waals surface area (Å²) in [6.07, 6.45) is 4.09. The maximum atomic E-state index is 12.6. The molecule has 0 atom stereocenters. The van der Waals surface area contributed by atoms with Crippen molar-refractivity contribution in [2.24, 2.45) is 0 Å². The molecule has 2 aromatic rings. The molecule has 0 aliphatic heterocycles. The standard InChI is InChI=1S/C9H9FN4/c1-11-8-2-3-9(12-5-8)14-6-7(10)4-13-14/h2-6,11H,1H3. The zero-order valence-electron chi connectivity index (χ0n) is 7.61. The smallest absolute Gasteiger partial charge is 0.161 e. The summed E-state index contributed by atoms with van der Waals surface area (Å²) in [5, 5.41) is 6.74. The van der Waals surface area contributed by atoms with Gasteiger partial charge in [-0.3, -0.25) is 0 Å². The molecule has 14 heavy (non-hydrogen) atoms. The molecule has 0 saturated heterocycles. The van der Waals surface area contributed by atoms with Crippen molar-refractivity contribution in [2.75, 3.05) is 12.4 Å². The molecule has 0 aliphatic carbocycles. The zero-order chi connectivity index (χ0) is 9.97. The van der Waals surface area contributed by atoms with E-state index in [0.29, 0.717) is 5.82 Å². The third-order valence-electron chi connectivity index (χ3n) is 1.82. The van der Waals surface area contributed by atoms with E-state index >= 15 is 0 Å². The van der Waals surface area contributed by atoms with Crippen LogP contribution in [-0.2, 0) is 0 Å². The van der Waals surface area contributed by atoms with Gasteiger partial charge in [0.1, 0.15) is 0 Å². The highest BCUT2D eigenvalue weighted by Gasteiger charge is 2.00. The number of hydrogen-bond acceptors (Lipinski definition) is 3. The van der Waals surface area contributed by atoms with E-state index in [2.05, 4.69) is 15.4 Å². The van der Waals surface area contributed by atoms with Crippen LogP contribution in [0.15, 0.2) is 30.7 Å². The van der Waals surface area contributed by atoms with E-state index in [1.165, 1.54) is 10.9 Å². The minimum absolute atomic E-state index is 0.371. The fraction of sp³-hybridized carbons (Fsp3) is 0.111. The molecule has 1 N–H and O–H groups in total. The third kappa shape index (κ3) is 1.56. The van der Waals surface area contributed by atoms with Gasteiger partial charge in [-0.2, -0.15) is 5.10 Å². The molecule has 0 aliphatic rings. The molecule has 0 saturated carbocycles. The monoisotopic (exact) mass is 192 g/mol. The molecule has 2 aromatic heterocycles. The predicted octanol–water partition coefficient (Wildman–Crippen LogP) is 1.45. The lowest BCUT2D eigenvalue weighted by molar-refractivity contribution is 0.627. The van der Waals surface area contributed by atoms with E-state index in [1.807, 2.05) is 13.1 Å². The van der Waals surface area contributed by atoms with Crippen molar-refractivity contribution in [1.29, 1.82) is 0 Å². The summed E-state index contributed by atoms with van der Waals surface area (Å²) in [5.41, 5.74) is 0.904. The Labute approximate surface area is 80.4 Å². The fourth-order valence-electron chi connectivity index (χ4n) is 1.10. The number of aromatic nitrogens is 3. The second kappa shape index (κ2) is 3.45. The Kier molecular flexibility index (Phi) is 2.14. The number of nitrogens with zero attached hydrogens (tertiary/aromatic N) is 3. The third-order valence-corrected chi connectivity index (χ3v) is 1.82. The fourth-order valence-corrected chi connectivity index (χ4v) is 1.10. The highest BCUT2D eigenvalue weighted by Crippen LogP contribution is 2.08. The van der Waals surface area contributed by atoms with Crippen LogP contribution in [0.3, 0.4) is 0 Å². The molecular formula is C9H9FN4. The first kappa shape index (κ1) is 8.68. The number of pyridine rings is 1. The van der Waals surface area contributed by atoms with E-state index < -0.39 is 0 Å². The van der Waals surface area contributed by atoms with Crippen LogP contribution in [0.2, 0.25) is 0 Å². The molecule has 0 aromatic carbocycles. The average molecular weight is 192 g/mol. The molecule has 0 fully saturated rings. The van der Waals surface area contributed by atoms with E-state index in [4.69, 9.17) is 0 Å². The summed E-state index contributed by atoms with van der Waals surface area (Å²) in [7, 11) is 1.81. The summed E-state index contributed by atoms with van der Waals surface area (Å²) in [4.78, 5) is 4.10. The van der Waals surface area contributed by atoms with Gasteiger partial charge in [0.05, 0.1) is 24.3 Å². The van der Waals surface area contributed by atoms with Crippen LogP contribution in [0.1, 0.15) is 0 Å². The molecule has 0 unspecified atom stereocenters. The van der Waals surface area contributed by atoms with Crippen molar-refractivity contribution in [2.45, 2.75) is 0 Å². The van der Waals surface area contributed by atoms with Gasteiger partial charge >= 0.3 is 0 Å². The first-order chi connectivity index (χ1) is 6.79. The van der Waals surface area contributed by atoms with Crippen molar-refractivity contribution < 1.29 is 4.39 Å². The first-order valence-electron chi connectivity index (χ1n) is 4.14. The van der Waals surface area contributed by atoms with E-state index in [0.717, 1.165) is 11.9 Å². The largest absolute Gasteiger partial charge is 0.387 e. The maximum absolute atomic E-state index is 12.6. The Balaban J connectivity index is 2.33. The van der Waals surface area contributed by atoms with Crippen molar-refractivity contribution in [3.8, 4) is 5.82 Å². The van der Waals surface area contributed by atoms with Gasteiger partial charge in [0.2, 0.25) is 0 Å². The topological polar surface area (TPSA) is 42.7 Å². The van der Waals surface area contributed by atoms with Crippen molar-refractivity contribution in [3.63, 3.8) is 0 Å². The van der Waals surface area contributed by atoms with Gasteiger partial charge < -0.3 is 5.32 Å². The lowest BCUT2D eigenvalue weighted by atomic mass is 10.4. The number of hydrogen-bond donors (Lipinski definition) is 1. The molecule has 5 heteroatoms. The summed E-state index contributed by atoms with van der Waals surface area (Å²) in [6.45, 7) is 0. The van der Waals surface area contributed by atoms with Gasteiger partial charge in [0.15, 0.2) is 11.6 Å². The van der Waals surface area contributed by atoms with Crippen LogP contribution < -0.4 is 5.32 Å². The van der Waals surface area contributed by atoms with Crippen LogP contribution in [0.25, 0.3) is 5.82 Å². The van der Waals surface area contributed by atoms with Crippen LogP contribution >= 0.6 is 0 Å². The Bertz CT molecular complexity index is 421. The SMILES string of the molecule is CNc1ccc(-n2cc(F)cn2)nc1. The molecule has 4 nitrogen and oxygen atoms in total. The molecule has 72 valence electrons. The number of anilines is 1. The Morgan fingerprint density at radius 2 is 2.21 bits per heavy atom. The Hall–Kier alpha value is -1.91. The van der Waals surface area contributed by atoms with E-state index in [1.54, 1.807) is 12.3 Å². The predicted molar refractivity (Wildman–Crippen MR) is 50.9 cm³/mol. The Morgan fingerprint density at radius 3 is 2.71 bits per heavy atom. The Morgan fingerprint density at radius 1 is 1.36 bits per heavy atom. The first-order valence-corrected chi connectivity index (χ1v) is 4.14. The molecule has 0 bridgehead atoms.